The van der Waals surface area contributed by atoms with Crippen molar-refractivity contribution in [2.75, 3.05) is 6.61 Å². The van der Waals surface area contributed by atoms with Gasteiger partial charge in [-0.1, -0.05) is 12.1 Å². The number of rotatable bonds is 4. The van der Waals surface area contributed by atoms with Gasteiger partial charge in [-0.25, -0.2) is 5.43 Å². The standard InChI is InChI=1S/C14H21N3OS/c1-5-18-12-8-6-11(7-9-12)14(4)15-13(19)17(16-14)10(2)3/h6-10,16H,5H2,1-4H3,(H,15,19). The Kier molecular flexibility index (Phi) is 3.96. The second-order valence-electron chi connectivity index (χ2n) is 5.09. The number of hydrogen-bond donors (Lipinski definition) is 2. The van der Waals surface area contributed by atoms with Crippen molar-refractivity contribution in [1.82, 2.24) is 15.8 Å². The Morgan fingerprint density at radius 3 is 2.42 bits per heavy atom. The quantitative estimate of drug-likeness (QED) is 0.828. The van der Waals surface area contributed by atoms with Crippen LogP contribution >= 0.6 is 12.2 Å². The van der Waals surface area contributed by atoms with E-state index in [-0.39, 0.29) is 5.66 Å². The summed E-state index contributed by atoms with van der Waals surface area (Å²) in [6.07, 6.45) is 0. The van der Waals surface area contributed by atoms with Crippen LogP contribution in [0.3, 0.4) is 0 Å². The highest BCUT2D eigenvalue weighted by atomic mass is 32.1. The summed E-state index contributed by atoms with van der Waals surface area (Å²) in [4.78, 5) is 0. The van der Waals surface area contributed by atoms with Crippen LogP contribution in [0.4, 0.5) is 0 Å². The third-order valence-electron chi connectivity index (χ3n) is 3.18. The van der Waals surface area contributed by atoms with Gasteiger partial charge in [0.2, 0.25) is 0 Å². The molecule has 19 heavy (non-hydrogen) atoms. The third-order valence-corrected chi connectivity index (χ3v) is 3.48. The maximum atomic E-state index is 5.46. The molecule has 0 amide bonds. The Hall–Kier alpha value is -1.33. The van der Waals surface area contributed by atoms with Gasteiger partial charge in [-0.05, 0) is 57.6 Å². The molecule has 104 valence electrons. The minimum Gasteiger partial charge on any atom is -0.494 e. The number of ether oxygens (including phenoxy) is 1. The third kappa shape index (κ3) is 2.82. The van der Waals surface area contributed by atoms with Crippen molar-refractivity contribution in [2.24, 2.45) is 0 Å². The molecular formula is C14H21N3OS. The lowest BCUT2D eigenvalue weighted by Crippen LogP contribution is -2.47. The predicted octanol–water partition coefficient (Wildman–Crippen LogP) is 2.36. The van der Waals surface area contributed by atoms with E-state index in [1.54, 1.807) is 0 Å². The van der Waals surface area contributed by atoms with Crippen LogP contribution in [0.5, 0.6) is 5.75 Å². The Morgan fingerprint density at radius 2 is 1.95 bits per heavy atom. The molecule has 0 radical (unpaired) electrons. The molecule has 1 saturated heterocycles. The summed E-state index contributed by atoms with van der Waals surface area (Å²) in [5, 5.41) is 6.04. The van der Waals surface area contributed by atoms with Gasteiger partial charge in [0.25, 0.3) is 0 Å². The molecule has 1 aromatic carbocycles. The SMILES string of the molecule is CCOc1ccc(C2(C)NC(=S)N(C(C)C)N2)cc1. The van der Waals surface area contributed by atoms with E-state index in [0.717, 1.165) is 16.4 Å². The van der Waals surface area contributed by atoms with Crippen LogP contribution < -0.4 is 15.5 Å². The van der Waals surface area contributed by atoms with Gasteiger partial charge in [-0.3, -0.25) is 5.01 Å². The summed E-state index contributed by atoms with van der Waals surface area (Å²) in [5.74, 6) is 0.885. The maximum absolute atomic E-state index is 5.46. The topological polar surface area (TPSA) is 36.5 Å². The Morgan fingerprint density at radius 1 is 1.32 bits per heavy atom. The van der Waals surface area contributed by atoms with Crippen molar-refractivity contribution in [3.8, 4) is 5.75 Å². The van der Waals surface area contributed by atoms with Gasteiger partial charge >= 0.3 is 0 Å². The normalized spacial score (nSPS) is 22.8. The van der Waals surface area contributed by atoms with Crippen LogP contribution in [0.25, 0.3) is 0 Å². The predicted molar refractivity (Wildman–Crippen MR) is 80.8 cm³/mol. The van der Waals surface area contributed by atoms with E-state index < -0.39 is 0 Å². The van der Waals surface area contributed by atoms with Crippen molar-refractivity contribution >= 4 is 17.3 Å². The first-order valence-electron chi connectivity index (χ1n) is 6.59. The molecule has 1 aromatic rings. The molecule has 2 N–H and O–H groups in total. The molecule has 1 aliphatic heterocycles. The fourth-order valence-electron chi connectivity index (χ4n) is 2.15. The number of nitrogens with zero attached hydrogens (tertiary/aromatic N) is 1. The van der Waals surface area contributed by atoms with E-state index in [2.05, 4.69) is 43.6 Å². The molecule has 0 aromatic heterocycles. The van der Waals surface area contributed by atoms with E-state index in [9.17, 15) is 0 Å². The van der Waals surface area contributed by atoms with Gasteiger partial charge in [-0.2, -0.15) is 0 Å². The van der Waals surface area contributed by atoms with Crippen molar-refractivity contribution in [3.05, 3.63) is 29.8 Å². The van der Waals surface area contributed by atoms with Gasteiger partial charge in [0, 0.05) is 6.04 Å². The second-order valence-corrected chi connectivity index (χ2v) is 5.47. The lowest BCUT2D eigenvalue weighted by molar-refractivity contribution is 0.202. The van der Waals surface area contributed by atoms with Crippen molar-refractivity contribution in [3.63, 3.8) is 0 Å². The second kappa shape index (κ2) is 5.35. The van der Waals surface area contributed by atoms with Crippen LogP contribution in [0.2, 0.25) is 0 Å². The molecule has 1 aliphatic rings. The van der Waals surface area contributed by atoms with Gasteiger partial charge < -0.3 is 10.1 Å². The number of benzene rings is 1. The summed E-state index contributed by atoms with van der Waals surface area (Å²) in [7, 11) is 0. The maximum Gasteiger partial charge on any atom is 0.185 e. The van der Waals surface area contributed by atoms with Gasteiger partial charge in [-0.15, -0.1) is 0 Å². The van der Waals surface area contributed by atoms with E-state index in [1.807, 2.05) is 24.1 Å². The van der Waals surface area contributed by atoms with Gasteiger partial charge in [0.05, 0.1) is 6.61 Å². The summed E-state index contributed by atoms with van der Waals surface area (Å²) >= 11 is 5.36. The zero-order chi connectivity index (χ0) is 14.0. The van der Waals surface area contributed by atoms with Gasteiger partial charge in [0.15, 0.2) is 5.11 Å². The zero-order valence-corrected chi connectivity index (χ0v) is 12.7. The van der Waals surface area contributed by atoms with Crippen LogP contribution in [0, 0.1) is 0 Å². The summed E-state index contributed by atoms with van der Waals surface area (Å²) in [6.45, 7) is 8.94. The van der Waals surface area contributed by atoms with Crippen LogP contribution in [0.1, 0.15) is 33.3 Å². The first-order chi connectivity index (χ1) is 8.96. The average Bonchev–Trinajstić information content (AvgIpc) is 2.67. The molecule has 5 heteroatoms. The van der Waals surface area contributed by atoms with E-state index in [0.29, 0.717) is 12.6 Å². The van der Waals surface area contributed by atoms with Gasteiger partial charge in [0.1, 0.15) is 11.4 Å². The zero-order valence-electron chi connectivity index (χ0n) is 11.9. The molecule has 0 spiro atoms. The molecule has 1 fully saturated rings. The van der Waals surface area contributed by atoms with Crippen LogP contribution in [0.15, 0.2) is 24.3 Å². The van der Waals surface area contributed by atoms with Crippen LogP contribution in [-0.2, 0) is 5.66 Å². The van der Waals surface area contributed by atoms with E-state index in [1.165, 1.54) is 0 Å². The molecular weight excluding hydrogens is 258 g/mol. The molecule has 1 unspecified atom stereocenters. The minimum absolute atomic E-state index is 0.310. The first kappa shape index (κ1) is 14.1. The molecule has 0 saturated carbocycles. The largest absolute Gasteiger partial charge is 0.494 e. The van der Waals surface area contributed by atoms with Crippen molar-refractivity contribution in [1.29, 1.82) is 0 Å². The molecule has 0 bridgehead atoms. The highest BCUT2D eigenvalue weighted by molar-refractivity contribution is 7.80. The Bertz CT molecular complexity index is 460. The Labute approximate surface area is 120 Å². The smallest absolute Gasteiger partial charge is 0.185 e. The molecule has 2 rings (SSSR count). The Balaban J connectivity index is 2.19. The summed E-state index contributed by atoms with van der Waals surface area (Å²) in [5.41, 5.74) is 4.18. The van der Waals surface area contributed by atoms with E-state index >= 15 is 0 Å². The number of thiocarbonyl (C=S) groups is 1. The van der Waals surface area contributed by atoms with Crippen molar-refractivity contribution in [2.45, 2.75) is 39.4 Å². The monoisotopic (exact) mass is 279 g/mol. The highest BCUT2D eigenvalue weighted by Crippen LogP contribution is 2.25. The lowest BCUT2D eigenvalue weighted by atomic mass is 10.0. The highest BCUT2D eigenvalue weighted by Gasteiger charge is 2.38. The summed E-state index contributed by atoms with van der Waals surface area (Å²) < 4.78 is 5.46. The number of nitrogens with one attached hydrogen (secondary N) is 2. The fourth-order valence-corrected chi connectivity index (χ4v) is 2.61. The van der Waals surface area contributed by atoms with Crippen LogP contribution in [-0.4, -0.2) is 22.8 Å². The molecule has 4 nitrogen and oxygen atoms in total. The number of hydrogen-bond acceptors (Lipinski definition) is 3. The average molecular weight is 279 g/mol. The first-order valence-corrected chi connectivity index (χ1v) is 6.99. The molecule has 0 aliphatic carbocycles. The van der Waals surface area contributed by atoms with E-state index in [4.69, 9.17) is 17.0 Å². The lowest BCUT2D eigenvalue weighted by Gasteiger charge is -2.27. The minimum atomic E-state index is -0.369. The van der Waals surface area contributed by atoms with Crippen molar-refractivity contribution < 1.29 is 4.74 Å². The molecule has 1 atom stereocenters. The molecule has 1 heterocycles. The number of hydrazine groups is 1. The summed E-state index contributed by atoms with van der Waals surface area (Å²) in [6, 6.07) is 8.38. The fraction of sp³-hybridized carbons (Fsp3) is 0.500.